The minimum atomic E-state index is -1.08. The molecular weight excluding hydrogens is 202 g/mol. The second-order valence-corrected chi connectivity index (χ2v) is 4.74. The number of hydrogen-bond donors (Lipinski definition) is 1. The van der Waals surface area contributed by atoms with Gasteiger partial charge in [0.05, 0.1) is 19.6 Å². The average molecular weight is 229 g/mol. The van der Waals surface area contributed by atoms with Crippen molar-refractivity contribution in [2.45, 2.75) is 52.9 Å². The molecule has 1 heterocycles. The van der Waals surface area contributed by atoms with Crippen LogP contribution in [0, 0.1) is 5.92 Å². The largest absolute Gasteiger partial charge is 0.550 e. The lowest BCUT2D eigenvalue weighted by Gasteiger charge is -2.29. The van der Waals surface area contributed by atoms with Crippen LogP contribution < -0.4 is 10.0 Å². The highest BCUT2D eigenvalue weighted by Crippen LogP contribution is 2.13. The van der Waals surface area contributed by atoms with Crippen LogP contribution in [0.5, 0.6) is 0 Å². The van der Waals surface area contributed by atoms with Crippen molar-refractivity contribution < 1.29 is 14.8 Å². The van der Waals surface area contributed by atoms with E-state index in [-0.39, 0.29) is 0 Å². The molecule has 0 saturated carbocycles. The number of piperidine rings is 1. The van der Waals surface area contributed by atoms with Gasteiger partial charge in [-0.3, -0.25) is 0 Å². The van der Waals surface area contributed by atoms with Crippen LogP contribution in [-0.2, 0) is 4.79 Å². The van der Waals surface area contributed by atoms with Gasteiger partial charge in [0.1, 0.15) is 0 Å². The number of hydrogen-bond acceptors (Lipinski definition) is 2. The van der Waals surface area contributed by atoms with Crippen molar-refractivity contribution >= 4 is 5.97 Å². The van der Waals surface area contributed by atoms with Crippen LogP contribution in [0.25, 0.3) is 0 Å². The van der Waals surface area contributed by atoms with E-state index in [1.807, 2.05) is 4.90 Å². The van der Waals surface area contributed by atoms with Gasteiger partial charge in [-0.05, 0) is 32.6 Å². The maximum Gasteiger partial charge on any atom is 0.0799 e. The van der Waals surface area contributed by atoms with Gasteiger partial charge in [0.15, 0.2) is 0 Å². The molecule has 1 rings (SSSR count). The molecule has 1 N–H and O–H groups in total. The monoisotopic (exact) mass is 229 g/mol. The van der Waals surface area contributed by atoms with E-state index < -0.39 is 5.97 Å². The zero-order valence-corrected chi connectivity index (χ0v) is 11.1. The van der Waals surface area contributed by atoms with Gasteiger partial charge >= 0.3 is 0 Å². The molecule has 1 fully saturated rings. The van der Waals surface area contributed by atoms with Crippen LogP contribution in [0.4, 0.5) is 0 Å². The Morgan fingerprint density at radius 1 is 1.38 bits per heavy atom. The van der Waals surface area contributed by atoms with Gasteiger partial charge in [-0.1, -0.05) is 20.3 Å². The Balaban J connectivity index is 0.000000487. The molecule has 0 aromatic rings. The Morgan fingerprint density at radius 3 is 2.50 bits per heavy atom. The number of nitrogens with one attached hydrogen (secondary N) is 1. The van der Waals surface area contributed by atoms with Gasteiger partial charge in [0, 0.05) is 11.9 Å². The molecule has 0 radical (unpaired) electrons. The van der Waals surface area contributed by atoms with Gasteiger partial charge in [-0.15, -0.1) is 0 Å². The lowest BCUT2D eigenvalue weighted by Crippen LogP contribution is -3.13. The molecule has 0 aromatic carbocycles. The molecule has 0 spiro atoms. The summed E-state index contributed by atoms with van der Waals surface area (Å²) in [6.45, 7) is 9.89. The van der Waals surface area contributed by atoms with E-state index in [9.17, 15) is 0 Å². The molecule has 0 amide bonds. The summed E-state index contributed by atoms with van der Waals surface area (Å²) in [5.74, 6) is -0.0368. The number of carboxylic acids is 1. The molecular formula is C13H27NO2. The van der Waals surface area contributed by atoms with Gasteiger partial charge in [0.25, 0.3) is 0 Å². The zero-order valence-electron chi connectivity index (χ0n) is 11.1. The predicted molar refractivity (Wildman–Crippen MR) is 64.2 cm³/mol. The van der Waals surface area contributed by atoms with Crippen molar-refractivity contribution in [3.05, 3.63) is 0 Å². The summed E-state index contributed by atoms with van der Waals surface area (Å²) in [4.78, 5) is 10.8. The second-order valence-electron chi connectivity index (χ2n) is 4.74. The molecule has 2 atom stereocenters. The quantitative estimate of drug-likeness (QED) is 0.751. The van der Waals surface area contributed by atoms with Crippen LogP contribution in [0.1, 0.15) is 52.9 Å². The van der Waals surface area contributed by atoms with E-state index in [0.29, 0.717) is 0 Å². The van der Waals surface area contributed by atoms with Gasteiger partial charge in [-0.2, -0.15) is 0 Å². The van der Waals surface area contributed by atoms with E-state index in [0.717, 1.165) is 12.8 Å². The first-order valence-corrected chi connectivity index (χ1v) is 6.61. The number of quaternary nitrogens is 1. The third-order valence-electron chi connectivity index (χ3n) is 3.02. The maximum atomic E-state index is 8.89. The lowest BCUT2D eigenvalue weighted by molar-refractivity contribution is -0.908. The molecule has 0 bridgehead atoms. The average Bonchev–Trinajstić information content (AvgIpc) is 2.18. The highest BCUT2D eigenvalue weighted by Gasteiger charge is 2.20. The third-order valence-corrected chi connectivity index (χ3v) is 3.02. The summed E-state index contributed by atoms with van der Waals surface area (Å²) < 4.78 is 0. The van der Waals surface area contributed by atoms with E-state index in [1.54, 1.807) is 0 Å². The predicted octanol–water partition coefficient (Wildman–Crippen LogP) is 0.248. The Kier molecular flexibility index (Phi) is 9.30. The topological polar surface area (TPSA) is 44.6 Å². The first-order chi connectivity index (χ1) is 7.60. The number of aliphatic carboxylic acids is 1. The summed E-state index contributed by atoms with van der Waals surface area (Å²) in [7, 11) is 0. The van der Waals surface area contributed by atoms with Crippen molar-refractivity contribution in [1.29, 1.82) is 0 Å². The highest BCUT2D eigenvalue weighted by molar-refractivity contribution is 5.60. The van der Waals surface area contributed by atoms with Crippen molar-refractivity contribution in [1.82, 2.24) is 0 Å². The van der Waals surface area contributed by atoms with Crippen LogP contribution in [0.15, 0.2) is 0 Å². The zero-order chi connectivity index (χ0) is 12.4. The molecule has 96 valence electrons. The van der Waals surface area contributed by atoms with E-state index >= 15 is 0 Å². The standard InChI is InChI=1S/C11H23N.C2H4O2/c1-3-6-11-7-5-9-12(10-11)8-4-2;1-2(3)4/h11H,3-10H2,1-2H3;1H3,(H,3,4). The first kappa shape index (κ1) is 15.4. The lowest BCUT2D eigenvalue weighted by atomic mass is 9.94. The van der Waals surface area contributed by atoms with Crippen LogP contribution in [0.2, 0.25) is 0 Å². The fourth-order valence-corrected chi connectivity index (χ4v) is 2.49. The Morgan fingerprint density at radius 2 is 2.00 bits per heavy atom. The summed E-state index contributed by atoms with van der Waals surface area (Å²) in [5, 5.41) is 8.89. The first-order valence-electron chi connectivity index (χ1n) is 6.61. The normalized spacial score (nSPS) is 24.4. The van der Waals surface area contributed by atoms with Crippen molar-refractivity contribution in [3.8, 4) is 0 Å². The summed E-state index contributed by atoms with van der Waals surface area (Å²) in [6.07, 6.45) is 7.17. The molecule has 0 aliphatic carbocycles. The molecule has 0 aromatic heterocycles. The van der Waals surface area contributed by atoms with Crippen molar-refractivity contribution in [3.63, 3.8) is 0 Å². The molecule has 3 heteroatoms. The summed E-state index contributed by atoms with van der Waals surface area (Å²) >= 11 is 0. The maximum absolute atomic E-state index is 8.89. The fourth-order valence-electron chi connectivity index (χ4n) is 2.49. The smallest absolute Gasteiger partial charge is 0.0799 e. The van der Waals surface area contributed by atoms with Crippen molar-refractivity contribution in [2.24, 2.45) is 5.92 Å². The second kappa shape index (κ2) is 9.64. The van der Waals surface area contributed by atoms with Crippen LogP contribution in [0.3, 0.4) is 0 Å². The molecule has 3 nitrogen and oxygen atoms in total. The van der Waals surface area contributed by atoms with Gasteiger partial charge in [-0.25, -0.2) is 0 Å². The van der Waals surface area contributed by atoms with Gasteiger partial charge < -0.3 is 14.8 Å². The SMILES string of the molecule is CC(=O)[O-].CCCC1CCC[NH+](CCC)C1. The summed E-state index contributed by atoms with van der Waals surface area (Å²) in [6, 6.07) is 0. The van der Waals surface area contributed by atoms with Crippen LogP contribution >= 0.6 is 0 Å². The number of carboxylic acid groups (broad SMARTS) is 1. The van der Waals surface area contributed by atoms with Crippen LogP contribution in [-0.4, -0.2) is 25.6 Å². The molecule has 1 saturated heterocycles. The summed E-state index contributed by atoms with van der Waals surface area (Å²) in [5.41, 5.74) is 0. The van der Waals surface area contributed by atoms with Gasteiger partial charge in [0.2, 0.25) is 0 Å². The van der Waals surface area contributed by atoms with E-state index in [2.05, 4.69) is 13.8 Å². The Bertz CT molecular complexity index is 163. The molecule has 2 unspecified atom stereocenters. The highest BCUT2D eigenvalue weighted by atomic mass is 16.4. The fraction of sp³-hybridized carbons (Fsp3) is 0.923. The number of carbonyl (C=O) groups is 1. The molecule has 16 heavy (non-hydrogen) atoms. The minimum Gasteiger partial charge on any atom is -0.550 e. The number of likely N-dealkylation sites (tertiary alicyclic amines) is 1. The third kappa shape index (κ3) is 8.72. The van der Waals surface area contributed by atoms with E-state index in [1.165, 1.54) is 51.7 Å². The Hall–Kier alpha value is -0.570. The minimum absolute atomic E-state index is 0.972. The van der Waals surface area contributed by atoms with E-state index in [4.69, 9.17) is 9.90 Å². The number of rotatable bonds is 4. The number of carbonyl (C=O) groups excluding carboxylic acids is 1. The molecule has 1 aliphatic heterocycles. The Labute approximate surface area is 99.8 Å². The van der Waals surface area contributed by atoms with Crippen molar-refractivity contribution in [2.75, 3.05) is 19.6 Å². The molecule has 1 aliphatic rings.